The highest BCUT2D eigenvalue weighted by Gasteiger charge is 2.20. The summed E-state index contributed by atoms with van der Waals surface area (Å²) in [7, 11) is 0. The molecule has 21 heavy (non-hydrogen) atoms. The van der Waals surface area contributed by atoms with Gasteiger partial charge < -0.3 is 16.0 Å². The summed E-state index contributed by atoms with van der Waals surface area (Å²) in [5.74, 6) is 0.687. The lowest BCUT2D eigenvalue weighted by Gasteiger charge is -2.29. The fourth-order valence-corrected chi connectivity index (χ4v) is 2.28. The van der Waals surface area contributed by atoms with E-state index in [0.29, 0.717) is 12.5 Å². The average Bonchev–Trinajstić information content (AvgIpc) is 2.48. The molecular weight excluding hydrogens is 262 g/mol. The number of likely N-dealkylation sites (N-methyl/N-ethyl adjacent to an activating group) is 1. The molecule has 0 spiro atoms. The standard InChI is InChI=1S/C17H29N3O/c1-5-20(16-8-6-15(12-18)7-9-16)14(4)17(21)19-11-10-13(2)3/h6-9,13-14H,5,10-12,18H2,1-4H3,(H,19,21). The van der Waals surface area contributed by atoms with Crippen LogP contribution in [0.15, 0.2) is 24.3 Å². The lowest BCUT2D eigenvalue weighted by atomic mass is 10.1. The average molecular weight is 291 g/mol. The number of hydrogen-bond acceptors (Lipinski definition) is 3. The second kappa shape index (κ2) is 8.67. The fraction of sp³-hybridized carbons (Fsp3) is 0.588. The minimum atomic E-state index is -0.175. The van der Waals surface area contributed by atoms with Gasteiger partial charge in [0.05, 0.1) is 0 Å². The molecule has 0 aliphatic carbocycles. The monoisotopic (exact) mass is 291 g/mol. The molecule has 3 N–H and O–H groups in total. The number of anilines is 1. The second-order valence-electron chi connectivity index (χ2n) is 5.81. The molecule has 1 rings (SSSR count). The van der Waals surface area contributed by atoms with E-state index in [2.05, 4.69) is 31.0 Å². The van der Waals surface area contributed by atoms with E-state index < -0.39 is 0 Å². The summed E-state index contributed by atoms with van der Waals surface area (Å²) >= 11 is 0. The van der Waals surface area contributed by atoms with Crippen LogP contribution in [-0.4, -0.2) is 25.0 Å². The van der Waals surface area contributed by atoms with E-state index in [0.717, 1.165) is 30.8 Å². The van der Waals surface area contributed by atoms with Gasteiger partial charge >= 0.3 is 0 Å². The number of rotatable bonds is 8. The number of amides is 1. The molecule has 118 valence electrons. The highest BCUT2D eigenvalue weighted by Crippen LogP contribution is 2.18. The summed E-state index contributed by atoms with van der Waals surface area (Å²) in [6, 6.07) is 7.92. The first kappa shape index (κ1) is 17.5. The van der Waals surface area contributed by atoms with E-state index >= 15 is 0 Å². The number of nitrogens with zero attached hydrogens (tertiary/aromatic N) is 1. The Balaban J connectivity index is 2.66. The number of hydrogen-bond donors (Lipinski definition) is 2. The lowest BCUT2D eigenvalue weighted by molar-refractivity contribution is -0.122. The Labute approximate surface area is 128 Å². The maximum absolute atomic E-state index is 12.2. The molecule has 0 saturated carbocycles. The van der Waals surface area contributed by atoms with Gasteiger partial charge in [-0.25, -0.2) is 0 Å². The molecule has 0 radical (unpaired) electrons. The first-order chi connectivity index (χ1) is 9.99. The van der Waals surface area contributed by atoms with Crippen molar-refractivity contribution < 1.29 is 4.79 Å². The SMILES string of the molecule is CCN(c1ccc(CN)cc1)C(C)C(=O)NCCC(C)C. The van der Waals surface area contributed by atoms with Gasteiger partial charge in [-0.05, 0) is 43.9 Å². The zero-order valence-electron chi connectivity index (χ0n) is 13.7. The van der Waals surface area contributed by atoms with Crippen LogP contribution >= 0.6 is 0 Å². The van der Waals surface area contributed by atoms with Gasteiger partial charge in [0.2, 0.25) is 5.91 Å². The smallest absolute Gasteiger partial charge is 0.242 e. The minimum Gasteiger partial charge on any atom is -0.360 e. The van der Waals surface area contributed by atoms with Crippen molar-refractivity contribution in [2.75, 3.05) is 18.0 Å². The quantitative estimate of drug-likeness (QED) is 0.774. The Morgan fingerprint density at radius 3 is 2.33 bits per heavy atom. The van der Waals surface area contributed by atoms with Gasteiger partial charge in [0.1, 0.15) is 6.04 Å². The Morgan fingerprint density at radius 1 is 1.24 bits per heavy atom. The number of benzene rings is 1. The number of nitrogens with one attached hydrogen (secondary N) is 1. The van der Waals surface area contributed by atoms with E-state index in [1.165, 1.54) is 0 Å². The van der Waals surface area contributed by atoms with Crippen molar-refractivity contribution in [1.29, 1.82) is 0 Å². The fourth-order valence-electron chi connectivity index (χ4n) is 2.28. The summed E-state index contributed by atoms with van der Waals surface area (Å²) in [5.41, 5.74) is 7.78. The Hall–Kier alpha value is -1.55. The highest BCUT2D eigenvalue weighted by atomic mass is 16.2. The van der Waals surface area contributed by atoms with Crippen molar-refractivity contribution in [1.82, 2.24) is 5.32 Å². The van der Waals surface area contributed by atoms with Crippen LogP contribution < -0.4 is 16.0 Å². The highest BCUT2D eigenvalue weighted by molar-refractivity contribution is 5.84. The molecule has 0 heterocycles. The molecular formula is C17H29N3O. The van der Waals surface area contributed by atoms with Gasteiger partial charge in [-0.1, -0.05) is 26.0 Å². The van der Waals surface area contributed by atoms with E-state index in [-0.39, 0.29) is 11.9 Å². The van der Waals surface area contributed by atoms with Crippen molar-refractivity contribution in [2.24, 2.45) is 11.7 Å². The topological polar surface area (TPSA) is 58.4 Å². The molecule has 4 heteroatoms. The maximum atomic E-state index is 12.2. The third kappa shape index (κ3) is 5.38. The van der Waals surface area contributed by atoms with Crippen LogP contribution in [0.5, 0.6) is 0 Å². The molecule has 4 nitrogen and oxygen atoms in total. The van der Waals surface area contributed by atoms with Crippen molar-refractivity contribution in [3.05, 3.63) is 29.8 Å². The van der Waals surface area contributed by atoms with E-state index in [4.69, 9.17) is 5.73 Å². The van der Waals surface area contributed by atoms with Gasteiger partial charge in [0.15, 0.2) is 0 Å². The Bertz CT molecular complexity index is 428. The summed E-state index contributed by atoms with van der Waals surface area (Å²) in [6.07, 6.45) is 1.01. The van der Waals surface area contributed by atoms with Gasteiger partial charge in [0, 0.05) is 25.3 Å². The largest absolute Gasteiger partial charge is 0.360 e. The van der Waals surface area contributed by atoms with E-state index in [1.54, 1.807) is 0 Å². The van der Waals surface area contributed by atoms with Gasteiger partial charge in [-0.2, -0.15) is 0 Å². The molecule has 0 aromatic heterocycles. The summed E-state index contributed by atoms with van der Waals surface area (Å²) in [6.45, 7) is 10.4. The molecule has 0 aliphatic heterocycles. The van der Waals surface area contributed by atoms with Crippen LogP contribution in [0.1, 0.15) is 39.7 Å². The first-order valence-corrected chi connectivity index (χ1v) is 7.82. The van der Waals surface area contributed by atoms with Crippen LogP contribution in [0.4, 0.5) is 5.69 Å². The van der Waals surface area contributed by atoms with Crippen molar-refractivity contribution in [3.63, 3.8) is 0 Å². The van der Waals surface area contributed by atoms with Crippen LogP contribution in [0.3, 0.4) is 0 Å². The summed E-state index contributed by atoms with van der Waals surface area (Å²) in [5, 5.41) is 3.02. The van der Waals surface area contributed by atoms with Crippen LogP contribution in [0, 0.1) is 5.92 Å². The molecule has 0 fully saturated rings. The predicted molar refractivity (Wildman–Crippen MR) is 89.3 cm³/mol. The van der Waals surface area contributed by atoms with Crippen molar-refractivity contribution >= 4 is 11.6 Å². The lowest BCUT2D eigenvalue weighted by Crippen LogP contribution is -2.45. The third-order valence-corrected chi connectivity index (χ3v) is 3.71. The number of nitrogens with two attached hydrogens (primary N) is 1. The zero-order valence-corrected chi connectivity index (χ0v) is 13.7. The molecule has 1 aromatic rings. The predicted octanol–water partition coefficient (Wildman–Crippen LogP) is 2.52. The van der Waals surface area contributed by atoms with Crippen LogP contribution in [0.2, 0.25) is 0 Å². The molecule has 1 atom stereocenters. The Kier molecular flexibility index (Phi) is 7.23. The van der Waals surface area contributed by atoms with Gasteiger partial charge in [-0.15, -0.1) is 0 Å². The second-order valence-corrected chi connectivity index (χ2v) is 5.81. The molecule has 1 unspecified atom stereocenters. The number of carbonyl (C=O) groups excluding carboxylic acids is 1. The third-order valence-electron chi connectivity index (χ3n) is 3.71. The maximum Gasteiger partial charge on any atom is 0.242 e. The molecule has 1 amide bonds. The van der Waals surface area contributed by atoms with Crippen molar-refractivity contribution in [3.8, 4) is 0 Å². The summed E-state index contributed by atoms with van der Waals surface area (Å²) in [4.78, 5) is 14.4. The van der Waals surface area contributed by atoms with Crippen LogP contribution in [-0.2, 0) is 11.3 Å². The Morgan fingerprint density at radius 2 is 1.86 bits per heavy atom. The molecule has 1 aromatic carbocycles. The normalized spacial score (nSPS) is 12.3. The first-order valence-electron chi connectivity index (χ1n) is 7.82. The molecule has 0 bridgehead atoms. The van der Waals surface area contributed by atoms with E-state index in [9.17, 15) is 4.79 Å². The zero-order chi connectivity index (χ0) is 15.8. The summed E-state index contributed by atoms with van der Waals surface area (Å²) < 4.78 is 0. The molecule has 0 saturated heterocycles. The van der Waals surface area contributed by atoms with Crippen LogP contribution in [0.25, 0.3) is 0 Å². The van der Waals surface area contributed by atoms with Gasteiger partial charge in [0.25, 0.3) is 0 Å². The van der Waals surface area contributed by atoms with E-state index in [1.807, 2.05) is 31.2 Å². The molecule has 0 aliphatic rings. The van der Waals surface area contributed by atoms with Gasteiger partial charge in [-0.3, -0.25) is 4.79 Å². The minimum absolute atomic E-state index is 0.0837. The van der Waals surface area contributed by atoms with Crippen molar-refractivity contribution in [2.45, 2.75) is 46.7 Å². The number of carbonyl (C=O) groups is 1.